The smallest absolute Gasteiger partial charge is 0.355 e. The standard InChI is InChI=1S/C23H30N2O3/c1-5-28-23(27)21-16(2)20(17(3)24(21)4)22(26)25-13-11-19(12-14-25)15-18-9-7-6-8-10-18/h6-10,19H,5,11-15H2,1-4H3. The number of carbonyl (C=O) groups is 2. The first-order chi connectivity index (χ1) is 13.4. The zero-order chi connectivity index (χ0) is 20.3. The van der Waals surface area contributed by atoms with Crippen molar-refractivity contribution >= 4 is 11.9 Å². The second-order valence-corrected chi connectivity index (χ2v) is 7.64. The predicted octanol–water partition coefficient (Wildman–Crippen LogP) is 3.91. The number of hydrogen-bond acceptors (Lipinski definition) is 3. The number of carbonyl (C=O) groups excluding carboxylic acids is 2. The molecule has 150 valence electrons. The molecule has 5 heteroatoms. The first kappa shape index (κ1) is 20.2. The van der Waals surface area contributed by atoms with Gasteiger partial charge in [0.1, 0.15) is 5.69 Å². The molecule has 1 aliphatic rings. The van der Waals surface area contributed by atoms with Gasteiger partial charge in [0.2, 0.25) is 0 Å². The van der Waals surface area contributed by atoms with E-state index in [-0.39, 0.29) is 11.9 Å². The summed E-state index contributed by atoms with van der Waals surface area (Å²) in [5.41, 5.74) is 4.02. The van der Waals surface area contributed by atoms with E-state index >= 15 is 0 Å². The maximum Gasteiger partial charge on any atom is 0.355 e. The van der Waals surface area contributed by atoms with Gasteiger partial charge in [0.25, 0.3) is 5.91 Å². The van der Waals surface area contributed by atoms with Crippen LogP contribution in [0.15, 0.2) is 30.3 Å². The molecule has 1 saturated heterocycles. The number of amides is 1. The Labute approximate surface area is 167 Å². The summed E-state index contributed by atoms with van der Waals surface area (Å²) in [6, 6.07) is 10.5. The van der Waals surface area contributed by atoms with Crippen molar-refractivity contribution < 1.29 is 14.3 Å². The Bertz CT molecular complexity index is 846. The molecule has 2 aromatic rings. The van der Waals surface area contributed by atoms with E-state index in [0.717, 1.165) is 43.6 Å². The molecule has 0 N–H and O–H groups in total. The Morgan fingerprint density at radius 3 is 2.36 bits per heavy atom. The highest BCUT2D eigenvalue weighted by molar-refractivity contribution is 6.01. The van der Waals surface area contributed by atoms with Crippen molar-refractivity contribution in [1.82, 2.24) is 9.47 Å². The van der Waals surface area contributed by atoms with E-state index in [4.69, 9.17) is 4.74 Å². The van der Waals surface area contributed by atoms with Gasteiger partial charge in [-0.3, -0.25) is 4.79 Å². The summed E-state index contributed by atoms with van der Waals surface area (Å²) in [6.45, 7) is 7.37. The molecule has 0 atom stereocenters. The lowest BCUT2D eigenvalue weighted by atomic mass is 9.90. The van der Waals surface area contributed by atoms with Gasteiger partial charge >= 0.3 is 5.97 Å². The fourth-order valence-electron chi connectivity index (χ4n) is 4.23. The fraction of sp³-hybridized carbons (Fsp3) is 0.478. The second-order valence-electron chi connectivity index (χ2n) is 7.64. The molecular formula is C23H30N2O3. The van der Waals surface area contributed by atoms with Crippen LogP contribution in [0.2, 0.25) is 0 Å². The van der Waals surface area contributed by atoms with Crippen LogP contribution in [0.25, 0.3) is 0 Å². The van der Waals surface area contributed by atoms with E-state index in [1.165, 1.54) is 5.56 Å². The van der Waals surface area contributed by atoms with E-state index in [0.29, 0.717) is 23.8 Å². The first-order valence-corrected chi connectivity index (χ1v) is 10.1. The van der Waals surface area contributed by atoms with Gasteiger partial charge in [-0.2, -0.15) is 0 Å². The molecule has 0 unspecified atom stereocenters. The molecule has 28 heavy (non-hydrogen) atoms. The quantitative estimate of drug-likeness (QED) is 0.737. The topological polar surface area (TPSA) is 51.5 Å². The molecule has 0 spiro atoms. The summed E-state index contributed by atoms with van der Waals surface area (Å²) in [5.74, 6) is 0.269. The number of piperidine rings is 1. The summed E-state index contributed by atoms with van der Waals surface area (Å²) in [6.07, 6.45) is 3.09. The third kappa shape index (κ3) is 3.98. The zero-order valence-corrected chi connectivity index (χ0v) is 17.3. The number of benzene rings is 1. The van der Waals surface area contributed by atoms with Crippen LogP contribution in [-0.4, -0.2) is 41.0 Å². The van der Waals surface area contributed by atoms with E-state index in [9.17, 15) is 9.59 Å². The molecule has 1 fully saturated rings. The lowest BCUT2D eigenvalue weighted by Gasteiger charge is -2.32. The number of esters is 1. The monoisotopic (exact) mass is 382 g/mol. The van der Waals surface area contributed by atoms with Gasteiger partial charge in [-0.15, -0.1) is 0 Å². The lowest BCUT2D eigenvalue weighted by Crippen LogP contribution is -2.39. The Kier molecular flexibility index (Phi) is 6.22. The minimum absolute atomic E-state index is 0.0271. The normalized spacial score (nSPS) is 14.9. The van der Waals surface area contributed by atoms with Crippen molar-refractivity contribution in [3.05, 3.63) is 58.4 Å². The SMILES string of the molecule is CCOC(=O)c1c(C)c(C(=O)N2CCC(Cc3ccccc3)CC2)c(C)n1C. The van der Waals surface area contributed by atoms with Crippen molar-refractivity contribution in [2.24, 2.45) is 13.0 Å². The third-order valence-corrected chi connectivity index (χ3v) is 5.88. The summed E-state index contributed by atoms with van der Waals surface area (Å²) in [5, 5.41) is 0. The molecule has 0 bridgehead atoms. The molecule has 1 aromatic heterocycles. The van der Waals surface area contributed by atoms with Crippen molar-refractivity contribution in [2.75, 3.05) is 19.7 Å². The predicted molar refractivity (Wildman–Crippen MR) is 110 cm³/mol. The molecular weight excluding hydrogens is 352 g/mol. The Morgan fingerprint density at radius 1 is 1.11 bits per heavy atom. The largest absolute Gasteiger partial charge is 0.461 e. The summed E-state index contributed by atoms with van der Waals surface area (Å²) in [4.78, 5) is 27.4. The highest BCUT2D eigenvalue weighted by Crippen LogP contribution is 2.27. The van der Waals surface area contributed by atoms with Crippen LogP contribution in [-0.2, 0) is 18.2 Å². The van der Waals surface area contributed by atoms with Gasteiger partial charge in [0.15, 0.2) is 0 Å². The van der Waals surface area contributed by atoms with E-state index in [1.807, 2.05) is 31.9 Å². The van der Waals surface area contributed by atoms with E-state index in [2.05, 4.69) is 24.3 Å². The van der Waals surface area contributed by atoms with Crippen LogP contribution < -0.4 is 0 Å². The minimum Gasteiger partial charge on any atom is -0.461 e. The van der Waals surface area contributed by atoms with Gasteiger partial charge < -0.3 is 14.2 Å². The van der Waals surface area contributed by atoms with Gasteiger partial charge in [-0.25, -0.2) is 4.79 Å². The zero-order valence-electron chi connectivity index (χ0n) is 17.3. The Morgan fingerprint density at radius 2 is 1.75 bits per heavy atom. The van der Waals surface area contributed by atoms with Crippen molar-refractivity contribution in [1.29, 1.82) is 0 Å². The minimum atomic E-state index is -0.369. The van der Waals surface area contributed by atoms with Gasteiger partial charge in [-0.05, 0) is 57.1 Å². The Balaban J connectivity index is 1.70. The number of likely N-dealkylation sites (tertiary alicyclic amines) is 1. The molecule has 0 radical (unpaired) electrons. The third-order valence-electron chi connectivity index (χ3n) is 5.88. The first-order valence-electron chi connectivity index (χ1n) is 10.1. The Hall–Kier alpha value is -2.56. The van der Waals surface area contributed by atoms with Crippen molar-refractivity contribution in [3.63, 3.8) is 0 Å². The molecule has 2 heterocycles. The van der Waals surface area contributed by atoms with Gasteiger partial charge in [0.05, 0.1) is 12.2 Å². The van der Waals surface area contributed by atoms with Gasteiger partial charge in [0, 0.05) is 25.8 Å². The molecule has 1 amide bonds. The maximum atomic E-state index is 13.2. The molecule has 1 aliphatic heterocycles. The number of hydrogen-bond donors (Lipinski definition) is 0. The molecule has 3 rings (SSSR count). The lowest BCUT2D eigenvalue weighted by molar-refractivity contribution is 0.0514. The average molecular weight is 383 g/mol. The molecule has 5 nitrogen and oxygen atoms in total. The highest BCUT2D eigenvalue weighted by Gasteiger charge is 2.30. The van der Waals surface area contributed by atoms with Crippen LogP contribution in [0.1, 0.15) is 57.4 Å². The van der Waals surface area contributed by atoms with E-state index in [1.54, 1.807) is 11.5 Å². The molecule has 1 aromatic carbocycles. The fourth-order valence-corrected chi connectivity index (χ4v) is 4.23. The van der Waals surface area contributed by atoms with E-state index < -0.39 is 0 Å². The summed E-state index contributed by atoms with van der Waals surface area (Å²) < 4.78 is 6.95. The number of ether oxygens (including phenoxy) is 1. The van der Waals surface area contributed by atoms with Crippen molar-refractivity contribution in [3.8, 4) is 0 Å². The summed E-state index contributed by atoms with van der Waals surface area (Å²) in [7, 11) is 1.82. The molecule has 0 aliphatic carbocycles. The number of nitrogens with zero attached hydrogens (tertiary/aromatic N) is 2. The van der Waals surface area contributed by atoms with Crippen LogP contribution >= 0.6 is 0 Å². The molecule has 0 saturated carbocycles. The summed E-state index contributed by atoms with van der Waals surface area (Å²) >= 11 is 0. The maximum absolute atomic E-state index is 13.2. The van der Waals surface area contributed by atoms with Gasteiger partial charge in [-0.1, -0.05) is 30.3 Å². The van der Waals surface area contributed by atoms with Crippen LogP contribution in [0.3, 0.4) is 0 Å². The van der Waals surface area contributed by atoms with Crippen LogP contribution in [0.4, 0.5) is 0 Å². The number of rotatable bonds is 5. The van der Waals surface area contributed by atoms with Crippen LogP contribution in [0.5, 0.6) is 0 Å². The second kappa shape index (κ2) is 8.63. The highest BCUT2D eigenvalue weighted by atomic mass is 16.5. The average Bonchev–Trinajstić information content (AvgIpc) is 2.91. The van der Waals surface area contributed by atoms with Crippen LogP contribution in [0, 0.1) is 19.8 Å². The number of aromatic nitrogens is 1. The van der Waals surface area contributed by atoms with Crippen molar-refractivity contribution in [2.45, 2.75) is 40.0 Å².